The number of para-hydroxylation sites is 1. The molecule has 2 rings (SSSR count). The third-order valence-corrected chi connectivity index (χ3v) is 3.98. The SMILES string of the molecule is CC(NC1CCSC1)c1ccccc1O. The molecule has 1 aliphatic heterocycles. The van der Waals surface area contributed by atoms with Gasteiger partial charge in [0.25, 0.3) is 0 Å². The highest BCUT2D eigenvalue weighted by atomic mass is 32.2. The Hall–Kier alpha value is -0.670. The van der Waals surface area contributed by atoms with E-state index in [1.807, 2.05) is 30.0 Å². The summed E-state index contributed by atoms with van der Waals surface area (Å²) in [6, 6.07) is 8.39. The number of aromatic hydroxyl groups is 1. The largest absolute Gasteiger partial charge is 0.508 e. The summed E-state index contributed by atoms with van der Waals surface area (Å²) in [7, 11) is 0. The first-order valence-electron chi connectivity index (χ1n) is 5.39. The van der Waals surface area contributed by atoms with Crippen molar-refractivity contribution < 1.29 is 5.11 Å². The van der Waals surface area contributed by atoms with Crippen molar-refractivity contribution in [1.82, 2.24) is 5.32 Å². The quantitative estimate of drug-likeness (QED) is 0.826. The molecule has 2 N–H and O–H groups in total. The van der Waals surface area contributed by atoms with Crippen LogP contribution >= 0.6 is 11.8 Å². The van der Waals surface area contributed by atoms with E-state index in [0.717, 1.165) is 5.56 Å². The van der Waals surface area contributed by atoms with Crippen LogP contribution in [-0.2, 0) is 0 Å². The highest BCUT2D eigenvalue weighted by Crippen LogP contribution is 2.26. The van der Waals surface area contributed by atoms with Crippen LogP contribution in [0.15, 0.2) is 24.3 Å². The second-order valence-electron chi connectivity index (χ2n) is 4.01. The molecule has 1 heterocycles. The van der Waals surface area contributed by atoms with E-state index in [9.17, 15) is 5.11 Å². The molecule has 2 unspecified atom stereocenters. The number of phenols is 1. The Labute approximate surface area is 95.1 Å². The Morgan fingerprint density at radius 1 is 1.47 bits per heavy atom. The predicted molar refractivity (Wildman–Crippen MR) is 65.4 cm³/mol. The van der Waals surface area contributed by atoms with E-state index < -0.39 is 0 Å². The van der Waals surface area contributed by atoms with Gasteiger partial charge in [0.1, 0.15) is 5.75 Å². The van der Waals surface area contributed by atoms with Crippen molar-refractivity contribution >= 4 is 11.8 Å². The Morgan fingerprint density at radius 2 is 2.27 bits per heavy atom. The minimum Gasteiger partial charge on any atom is -0.508 e. The predicted octanol–water partition coefficient (Wildman–Crippen LogP) is 2.55. The topological polar surface area (TPSA) is 32.3 Å². The third-order valence-electron chi connectivity index (χ3n) is 2.82. The van der Waals surface area contributed by atoms with E-state index in [1.165, 1.54) is 17.9 Å². The molecule has 1 saturated heterocycles. The van der Waals surface area contributed by atoms with Gasteiger partial charge in [-0.05, 0) is 25.2 Å². The van der Waals surface area contributed by atoms with Gasteiger partial charge in [0.05, 0.1) is 0 Å². The second kappa shape index (κ2) is 4.90. The van der Waals surface area contributed by atoms with Crippen LogP contribution in [0.4, 0.5) is 0 Å². The van der Waals surface area contributed by atoms with E-state index in [1.54, 1.807) is 6.07 Å². The number of nitrogens with one attached hydrogen (secondary N) is 1. The summed E-state index contributed by atoms with van der Waals surface area (Å²) in [5.74, 6) is 2.84. The number of benzene rings is 1. The number of thioether (sulfide) groups is 1. The van der Waals surface area contributed by atoms with Gasteiger partial charge in [-0.1, -0.05) is 18.2 Å². The van der Waals surface area contributed by atoms with E-state index >= 15 is 0 Å². The molecule has 3 heteroatoms. The highest BCUT2D eigenvalue weighted by Gasteiger charge is 2.19. The highest BCUT2D eigenvalue weighted by molar-refractivity contribution is 7.99. The van der Waals surface area contributed by atoms with Gasteiger partial charge in [-0.3, -0.25) is 0 Å². The molecule has 2 atom stereocenters. The molecule has 1 fully saturated rings. The van der Waals surface area contributed by atoms with Crippen LogP contribution in [0.1, 0.15) is 24.9 Å². The minimum atomic E-state index is 0.231. The summed E-state index contributed by atoms with van der Waals surface area (Å²) in [6.07, 6.45) is 1.24. The lowest BCUT2D eigenvalue weighted by Gasteiger charge is -2.19. The van der Waals surface area contributed by atoms with Gasteiger partial charge in [-0.25, -0.2) is 0 Å². The molecule has 0 bridgehead atoms. The summed E-state index contributed by atoms with van der Waals surface area (Å²) < 4.78 is 0. The van der Waals surface area contributed by atoms with Gasteiger partial charge >= 0.3 is 0 Å². The maximum atomic E-state index is 9.71. The second-order valence-corrected chi connectivity index (χ2v) is 5.16. The first-order chi connectivity index (χ1) is 7.27. The lowest BCUT2D eigenvalue weighted by atomic mass is 10.1. The van der Waals surface area contributed by atoms with Crippen molar-refractivity contribution in [3.8, 4) is 5.75 Å². The summed E-state index contributed by atoms with van der Waals surface area (Å²) in [5, 5.41) is 13.3. The molecule has 1 aromatic rings. The molecule has 2 nitrogen and oxygen atoms in total. The van der Waals surface area contributed by atoms with Crippen molar-refractivity contribution in [1.29, 1.82) is 0 Å². The standard InChI is InChI=1S/C12H17NOS/c1-9(13-10-6-7-15-8-10)11-4-2-3-5-12(11)14/h2-5,9-10,13-14H,6-8H2,1H3. The summed E-state index contributed by atoms with van der Waals surface area (Å²) in [5.41, 5.74) is 0.995. The van der Waals surface area contributed by atoms with E-state index in [-0.39, 0.29) is 6.04 Å². The fourth-order valence-electron chi connectivity index (χ4n) is 1.96. The lowest BCUT2D eigenvalue weighted by Crippen LogP contribution is -2.31. The van der Waals surface area contributed by atoms with Gasteiger partial charge in [0.15, 0.2) is 0 Å². The number of hydrogen-bond donors (Lipinski definition) is 2. The third kappa shape index (κ3) is 2.67. The van der Waals surface area contributed by atoms with Crippen LogP contribution in [0.3, 0.4) is 0 Å². The zero-order valence-electron chi connectivity index (χ0n) is 8.94. The van der Waals surface area contributed by atoms with Crippen LogP contribution in [0.5, 0.6) is 5.75 Å². The molecular weight excluding hydrogens is 206 g/mol. The Balaban J connectivity index is 2.00. The monoisotopic (exact) mass is 223 g/mol. The number of rotatable bonds is 3. The molecule has 0 saturated carbocycles. The summed E-state index contributed by atoms with van der Waals surface area (Å²) >= 11 is 2.00. The molecule has 0 spiro atoms. The van der Waals surface area contributed by atoms with Crippen LogP contribution in [0, 0.1) is 0 Å². The first-order valence-corrected chi connectivity index (χ1v) is 6.54. The Kier molecular flexibility index (Phi) is 3.54. The normalized spacial score (nSPS) is 22.9. The van der Waals surface area contributed by atoms with Crippen molar-refractivity contribution in [2.24, 2.45) is 0 Å². The molecule has 1 aliphatic rings. The molecular formula is C12H17NOS. The smallest absolute Gasteiger partial charge is 0.120 e. The van der Waals surface area contributed by atoms with Crippen molar-refractivity contribution in [2.75, 3.05) is 11.5 Å². The van der Waals surface area contributed by atoms with E-state index in [0.29, 0.717) is 11.8 Å². The van der Waals surface area contributed by atoms with Gasteiger partial charge < -0.3 is 10.4 Å². The van der Waals surface area contributed by atoms with Gasteiger partial charge in [-0.15, -0.1) is 0 Å². The Bertz CT molecular complexity index is 323. The summed E-state index contributed by atoms with van der Waals surface area (Å²) in [6.45, 7) is 2.11. The maximum absolute atomic E-state index is 9.71. The minimum absolute atomic E-state index is 0.231. The zero-order valence-corrected chi connectivity index (χ0v) is 9.76. The van der Waals surface area contributed by atoms with Gasteiger partial charge in [0, 0.05) is 23.4 Å². The Morgan fingerprint density at radius 3 is 2.93 bits per heavy atom. The number of hydrogen-bond acceptors (Lipinski definition) is 3. The molecule has 82 valence electrons. The fraction of sp³-hybridized carbons (Fsp3) is 0.500. The molecule has 0 aliphatic carbocycles. The molecule has 0 radical (unpaired) electrons. The zero-order chi connectivity index (χ0) is 10.7. The van der Waals surface area contributed by atoms with Crippen molar-refractivity contribution in [3.05, 3.63) is 29.8 Å². The molecule has 0 aromatic heterocycles. The van der Waals surface area contributed by atoms with Gasteiger partial charge in [-0.2, -0.15) is 11.8 Å². The van der Waals surface area contributed by atoms with Crippen LogP contribution in [0.25, 0.3) is 0 Å². The van der Waals surface area contributed by atoms with Crippen LogP contribution in [-0.4, -0.2) is 22.7 Å². The van der Waals surface area contributed by atoms with Crippen molar-refractivity contribution in [2.45, 2.75) is 25.4 Å². The number of phenolic OH excluding ortho intramolecular Hbond substituents is 1. The average Bonchev–Trinajstić information content (AvgIpc) is 2.71. The average molecular weight is 223 g/mol. The molecule has 1 aromatic carbocycles. The van der Waals surface area contributed by atoms with Crippen molar-refractivity contribution in [3.63, 3.8) is 0 Å². The molecule has 15 heavy (non-hydrogen) atoms. The molecule has 0 amide bonds. The first kappa shape index (κ1) is 10.8. The summed E-state index contributed by atoms with van der Waals surface area (Å²) in [4.78, 5) is 0. The van der Waals surface area contributed by atoms with Crippen LogP contribution in [0.2, 0.25) is 0 Å². The van der Waals surface area contributed by atoms with E-state index in [2.05, 4.69) is 12.2 Å². The lowest BCUT2D eigenvalue weighted by molar-refractivity contribution is 0.436. The maximum Gasteiger partial charge on any atom is 0.120 e. The van der Waals surface area contributed by atoms with Crippen LogP contribution < -0.4 is 5.32 Å². The van der Waals surface area contributed by atoms with Gasteiger partial charge in [0.2, 0.25) is 0 Å². The fourth-order valence-corrected chi connectivity index (χ4v) is 3.13. The van der Waals surface area contributed by atoms with E-state index in [4.69, 9.17) is 0 Å².